The van der Waals surface area contributed by atoms with E-state index in [1.807, 2.05) is 0 Å². The average molecular weight is 338 g/mol. The Morgan fingerprint density at radius 1 is 0.960 bits per heavy atom. The van der Waals surface area contributed by atoms with E-state index in [9.17, 15) is 9.59 Å². The summed E-state index contributed by atoms with van der Waals surface area (Å²) in [5.74, 6) is -0.545. The number of hydrogen-bond acceptors (Lipinski definition) is 5. The predicted molar refractivity (Wildman–Crippen MR) is 98.4 cm³/mol. The first kappa shape index (κ1) is 15.9. The van der Waals surface area contributed by atoms with E-state index in [-0.39, 0.29) is 17.9 Å². The maximum Gasteiger partial charge on any atom is 0.261 e. The van der Waals surface area contributed by atoms with Crippen molar-refractivity contribution in [2.45, 2.75) is 25.8 Å². The highest BCUT2D eigenvalue weighted by molar-refractivity contribution is 6.26. The molecule has 0 radical (unpaired) electrons. The third-order valence-electron chi connectivity index (χ3n) is 5.26. The number of hydrogen-bond donors (Lipinski definition) is 2. The Kier molecular flexibility index (Phi) is 3.65. The van der Waals surface area contributed by atoms with Gasteiger partial charge in [0.05, 0.1) is 11.1 Å². The molecule has 1 fully saturated rings. The predicted octanol–water partition coefficient (Wildman–Crippen LogP) is 2.08. The summed E-state index contributed by atoms with van der Waals surface area (Å²) in [5.41, 5.74) is 13.9. The van der Waals surface area contributed by atoms with Crippen molar-refractivity contribution in [1.82, 2.24) is 9.80 Å². The van der Waals surface area contributed by atoms with Crippen LogP contribution in [0.1, 0.15) is 40.5 Å². The summed E-state index contributed by atoms with van der Waals surface area (Å²) in [6.45, 7) is 4.48. The van der Waals surface area contributed by atoms with Crippen LogP contribution in [0.5, 0.6) is 0 Å². The van der Waals surface area contributed by atoms with Crippen LogP contribution in [0.25, 0.3) is 10.8 Å². The van der Waals surface area contributed by atoms with E-state index in [0.29, 0.717) is 34.4 Å². The van der Waals surface area contributed by atoms with Gasteiger partial charge in [-0.2, -0.15) is 0 Å². The summed E-state index contributed by atoms with van der Waals surface area (Å²) in [6.07, 6.45) is 2.34. The molecule has 0 bridgehead atoms. The number of nitrogen functional groups attached to an aromatic ring is 2. The number of benzene rings is 2. The van der Waals surface area contributed by atoms with Crippen molar-refractivity contribution in [2.75, 3.05) is 31.1 Å². The zero-order valence-corrected chi connectivity index (χ0v) is 14.3. The zero-order valence-electron chi connectivity index (χ0n) is 14.3. The van der Waals surface area contributed by atoms with Crippen LogP contribution in [0, 0.1) is 0 Å². The van der Waals surface area contributed by atoms with E-state index >= 15 is 0 Å². The molecule has 0 aromatic heterocycles. The monoisotopic (exact) mass is 338 g/mol. The Morgan fingerprint density at radius 2 is 1.48 bits per heavy atom. The highest BCUT2D eigenvalue weighted by Crippen LogP contribution is 2.34. The molecule has 6 nitrogen and oxygen atoms in total. The highest BCUT2D eigenvalue weighted by Gasteiger charge is 2.35. The lowest BCUT2D eigenvalue weighted by Gasteiger charge is -2.32. The lowest BCUT2D eigenvalue weighted by Crippen LogP contribution is -2.48. The molecule has 130 valence electrons. The number of anilines is 2. The minimum absolute atomic E-state index is 0.134. The molecule has 2 amide bonds. The van der Waals surface area contributed by atoms with Crippen molar-refractivity contribution in [1.29, 1.82) is 0 Å². The Morgan fingerprint density at radius 3 is 2.00 bits per heavy atom. The van der Waals surface area contributed by atoms with E-state index in [1.165, 1.54) is 17.7 Å². The van der Waals surface area contributed by atoms with Gasteiger partial charge in [-0.1, -0.05) is 0 Å². The molecule has 2 aromatic rings. The zero-order chi connectivity index (χ0) is 17.7. The fourth-order valence-corrected chi connectivity index (χ4v) is 4.01. The van der Waals surface area contributed by atoms with Gasteiger partial charge in [0.1, 0.15) is 0 Å². The first-order valence-corrected chi connectivity index (χ1v) is 8.68. The van der Waals surface area contributed by atoms with Gasteiger partial charge in [0.15, 0.2) is 0 Å². The van der Waals surface area contributed by atoms with Gasteiger partial charge < -0.3 is 11.5 Å². The standard InChI is InChI=1S/C19H22N4O2/c1-11(22-4-2-3-5-22)10-23-18(24)15-8-13(20)6-12-7-14(21)9-16(17(12)15)19(23)25/h6-9,11H,2-5,10,20-21H2,1H3. The van der Waals surface area contributed by atoms with Crippen LogP contribution < -0.4 is 11.5 Å². The number of amides is 2. The number of carbonyl (C=O) groups is 2. The van der Waals surface area contributed by atoms with Crippen LogP contribution in [0.15, 0.2) is 24.3 Å². The average Bonchev–Trinajstić information content (AvgIpc) is 3.10. The summed E-state index contributed by atoms with van der Waals surface area (Å²) >= 11 is 0. The van der Waals surface area contributed by atoms with Gasteiger partial charge in [-0.05, 0) is 62.5 Å². The first-order valence-electron chi connectivity index (χ1n) is 8.68. The lowest BCUT2D eigenvalue weighted by atomic mass is 9.92. The molecular weight excluding hydrogens is 316 g/mol. The topological polar surface area (TPSA) is 92.7 Å². The smallest absolute Gasteiger partial charge is 0.261 e. The third kappa shape index (κ3) is 2.53. The van der Waals surface area contributed by atoms with Gasteiger partial charge in [0.2, 0.25) is 0 Å². The molecular formula is C19H22N4O2. The van der Waals surface area contributed by atoms with E-state index < -0.39 is 0 Å². The maximum absolute atomic E-state index is 13.0. The van der Waals surface area contributed by atoms with Crippen LogP contribution in [0.4, 0.5) is 11.4 Å². The van der Waals surface area contributed by atoms with Crippen molar-refractivity contribution in [3.8, 4) is 0 Å². The van der Waals surface area contributed by atoms with Crippen molar-refractivity contribution < 1.29 is 9.59 Å². The van der Waals surface area contributed by atoms with Crippen LogP contribution >= 0.6 is 0 Å². The van der Waals surface area contributed by atoms with Crippen LogP contribution in [-0.4, -0.2) is 47.3 Å². The fraction of sp³-hybridized carbons (Fsp3) is 0.368. The number of imide groups is 1. The van der Waals surface area contributed by atoms with Crippen molar-refractivity contribution in [3.05, 3.63) is 35.4 Å². The van der Waals surface area contributed by atoms with E-state index in [2.05, 4.69) is 11.8 Å². The van der Waals surface area contributed by atoms with E-state index in [4.69, 9.17) is 11.5 Å². The summed E-state index contributed by atoms with van der Waals surface area (Å²) < 4.78 is 0. The lowest BCUT2D eigenvalue weighted by molar-refractivity contribution is 0.0565. The summed E-state index contributed by atoms with van der Waals surface area (Å²) in [7, 11) is 0. The Balaban J connectivity index is 1.77. The molecule has 0 saturated carbocycles. The summed E-state index contributed by atoms with van der Waals surface area (Å²) in [6, 6.07) is 6.95. The van der Waals surface area contributed by atoms with Gasteiger partial charge in [0, 0.05) is 29.3 Å². The Labute approximate surface area is 146 Å². The summed E-state index contributed by atoms with van der Waals surface area (Å²) in [5, 5.41) is 1.39. The number of rotatable bonds is 3. The molecule has 1 saturated heterocycles. The molecule has 2 heterocycles. The second kappa shape index (κ2) is 5.74. The first-order chi connectivity index (χ1) is 12.0. The molecule has 2 aromatic carbocycles. The fourth-order valence-electron chi connectivity index (χ4n) is 4.01. The highest BCUT2D eigenvalue weighted by atomic mass is 16.2. The molecule has 4 rings (SSSR count). The molecule has 0 aliphatic carbocycles. The molecule has 0 spiro atoms. The molecule has 1 atom stereocenters. The molecule has 25 heavy (non-hydrogen) atoms. The second-order valence-corrected chi connectivity index (χ2v) is 7.05. The van der Waals surface area contributed by atoms with E-state index in [0.717, 1.165) is 18.5 Å². The largest absolute Gasteiger partial charge is 0.399 e. The minimum atomic E-state index is -0.273. The Hall–Kier alpha value is -2.60. The van der Waals surface area contributed by atoms with Crippen molar-refractivity contribution >= 4 is 34.0 Å². The molecule has 1 unspecified atom stereocenters. The van der Waals surface area contributed by atoms with Crippen LogP contribution in [0.2, 0.25) is 0 Å². The van der Waals surface area contributed by atoms with Crippen molar-refractivity contribution in [2.24, 2.45) is 0 Å². The molecule has 2 aliphatic rings. The normalized spacial score (nSPS) is 19.0. The summed E-state index contributed by atoms with van der Waals surface area (Å²) in [4.78, 5) is 29.7. The van der Waals surface area contributed by atoms with Gasteiger partial charge in [-0.25, -0.2) is 0 Å². The number of likely N-dealkylation sites (tertiary alicyclic amines) is 1. The number of carbonyl (C=O) groups excluding carboxylic acids is 2. The third-order valence-corrected chi connectivity index (χ3v) is 5.26. The quantitative estimate of drug-likeness (QED) is 0.660. The number of nitrogens with zero attached hydrogens (tertiary/aromatic N) is 2. The van der Waals surface area contributed by atoms with Crippen LogP contribution in [-0.2, 0) is 0 Å². The maximum atomic E-state index is 13.0. The molecule has 2 aliphatic heterocycles. The van der Waals surface area contributed by atoms with E-state index in [1.54, 1.807) is 24.3 Å². The van der Waals surface area contributed by atoms with Crippen molar-refractivity contribution in [3.63, 3.8) is 0 Å². The SMILES string of the molecule is CC(CN1C(=O)c2cc(N)cc3cc(N)cc(c23)C1=O)N1CCCC1. The van der Waals surface area contributed by atoms with Crippen LogP contribution in [0.3, 0.4) is 0 Å². The van der Waals surface area contributed by atoms with Gasteiger partial charge in [0.25, 0.3) is 11.8 Å². The van der Waals surface area contributed by atoms with Gasteiger partial charge in [-0.3, -0.25) is 19.4 Å². The number of nitrogens with two attached hydrogens (primary N) is 2. The second-order valence-electron chi connectivity index (χ2n) is 7.05. The minimum Gasteiger partial charge on any atom is -0.399 e. The molecule has 4 N–H and O–H groups in total. The Bertz CT molecular complexity index is 830. The van der Waals surface area contributed by atoms with Gasteiger partial charge in [-0.15, -0.1) is 0 Å². The van der Waals surface area contributed by atoms with Gasteiger partial charge >= 0.3 is 0 Å². The molecule has 6 heteroatoms.